The predicted octanol–water partition coefficient (Wildman–Crippen LogP) is 4.26. The van der Waals surface area contributed by atoms with Crippen molar-refractivity contribution in [3.63, 3.8) is 0 Å². The maximum absolute atomic E-state index is 12.3. The third-order valence-electron chi connectivity index (χ3n) is 3.66. The van der Waals surface area contributed by atoms with Gasteiger partial charge >= 0.3 is 12.0 Å². The van der Waals surface area contributed by atoms with Crippen LogP contribution in [0.2, 0.25) is 0 Å². The van der Waals surface area contributed by atoms with Gasteiger partial charge in [-0.15, -0.1) is 0 Å². The van der Waals surface area contributed by atoms with Gasteiger partial charge in [-0.1, -0.05) is 28.1 Å². The van der Waals surface area contributed by atoms with E-state index in [4.69, 9.17) is 4.74 Å². The van der Waals surface area contributed by atoms with Crippen molar-refractivity contribution in [1.82, 2.24) is 4.90 Å². The second kappa shape index (κ2) is 7.46. The number of anilines is 1. The maximum Gasteiger partial charge on any atom is 0.339 e. The molecule has 0 unspecified atom stereocenters. The van der Waals surface area contributed by atoms with Crippen molar-refractivity contribution < 1.29 is 14.3 Å². The van der Waals surface area contributed by atoms with E-state index in [1.165, 1.54) is 7.11 Å². The number of fused-ring (bicyclic) bond motifs is 1. The zero-order chi connectivity index (χ0) is 17.0. The summed E-state index contributed by atoms with van der Waals surface area (Å²) in [7, 11) is 1.32. The minimum Gasteiger partial charge on any atom is -0.465 e. The van der Waals surface area contributed by atoms with Crippen molar-refractivity contribution in [2.24, 2.45) is 0 Å². The number of urea groups is 1. The lowest BCUT2D eigenvalue weighted by atomic mass is 10.0. The highest BCUT2D eigenvalue weighted by atomic mass is 79.9. The Labute approximate surface area is 143 Å². The fourth-order valence-corrected chi connectivity index (χ4v) is 2.87. The van der Waals surface area contributed by atoms with Crippen molar-refractivity contribution in [2.45, 2.75) is 13.8 Å². The summed E-state index contributed by atoms with van der Waals surface area (Å²) < 4.78 is 5.73. The number of methoxy groups -OCH3 is 1. The highest BCUT2D eigenvalue weighted by molar-refractivity contribution is 9.10. The van der Waals surface area contributed by atoms with Gasteiger partial charge in [-0.3, -0.25) is 0 Å². The molecule has 122 valence electrons. The SMILES string of the molecule is CCN(CC)C(=O)Nc1cc2c(Br)cccc2cc1C(=O)OC. The molecule has 0 spiro atoms. The topological polar surface area (TPSA) is 58.6 Å². The zero-order valence-corrected chi connectivity index (χ0v) is 14.9. The number of ether oxygens (including phenoxy) is 1. The lowest BCUT2D eigenvalue weighted by molar-refractivity contribution is 0.0602. The van der Waals surface area contributed by atoms with E-state index >= 15 is 0 Å². The molecule has 6 heteroatoms. The van der Waals surface area contributed by atoms with Crippen molar-refractivity contribution in [1.29, 1.82) is 0 Å². The number of carbonyl (C=O) groups is 2. The fraction of sp³-hybridized carbons (Fsp3) is 0.294. The summed E-state index contributed by atoms with van der Waals surface area (Å²) in [6.45, 7) is 4.99. The van der Waals surface area contributed by atoms with Crippen LogP contribution in [0.4, 0.5) is 10.5 Å². The van der Waals surface area contributed by atoms with Crippen LogP contribution < -0.4 is 5.32 Å². The maximum atomic E-state index is 12.3. The van der Waals surface area contributed by atoms with Crippen LogP contribution in [-0.2, 0) is 4.74 Å². The van der Waals surface area contributed by atoms with Crippen LogP contribution in [0.25, 0.3) is 10.8 Å². The van der Waals surface area contributed by atoms with Crippen molar-refractivity contribution in [3.8, 4) is 0 Å². The Morgan fingerprint density at radius 3 is 2.52 bits per heavy atom. The number of carbonyl (C=O) groups excluding carboxylic acids is 2. The summed E-state index contributed by atoms with van der Waals surface area (Å²) in [4.78, 5) is 26.0. The van der Waals surface area contributed by atoms with Gasteiger partial charge in [-0.05, 0) is 42.8 Å². The summed E-state index contributed by atoms with van der Waals surface area (Å²) >= 11 is 3.49. The third kappa shape index (κ3) is 3.64. The molecule has 2 aromatic carbocycles. The second-order valence-electron chi connectivity index (χ2n) is 4.95. The van der Waals surface area contributed by atoms with E-state index in [2.05, 4.69) is 21.2 Å². The number of amides is 2. The summed E-state index contributed by atoms with van der Waals surface area (Å²) in [5.74, 6) is -0.485. The molecular formula is C17H19BrN2O3. The number of hydrogen-bond acceptors (Lipinski definition) is 3. The lowest BCUT2D eigenvalue weighted by Gasteiger charge is -2.20. The summed E-state index contributed by atoms with van der Waals surface area (Å²) in [5.41, 5.74) is 0.770. The molecule has 0 atom stereocenters. The van der Waals surface area contributed by atoms with Gasteiger partial charge in [0.25, 0.3) is 0 Å². The molecule has 0 aliphatic carbocycles. The molecule has 0 bridgehead atoms. The normalized spacial score (nSPS) is 10.4. The van der Waals surface area contributed by atoms with Gasteiger partial charge in [0.05, 0.1) is 18.4 Å². The first-order valence-electron chi connectivity index (χ1n) is 7.38. The molecular weight excluding hydrogens is 360 g/mol. The molecule has 2 aromatic rings. The first kappa shape index (κ1) is 17.3. The summed E-state index contributed by atoms with van der Waals surface area (Å²) in [6.07, 6.45) is 0. The van der Waals surface area contributed by atoms with Crippen molar-refractivity contribution in [3.05, 3.63) is 40.4 Å². The molecule has 2 rings (SSSR count). The van der Waals surface area contributed by atoms with Crippen LogP contribution in [-0.4, -0.2) is 37.1 Å². The molecule has 0 aliphatic heterocycles. The van der Waals surface area contributed by atoms with E-state index in [0.717, 1.165) is 15.2 Å². The number of halogens is 1. The van der Waals surface area contributed by atoms with Crippen LogP contribution >= 0.6 is 15.9 Å². The van der Waals surface area contributed by atoms with Crippen LogP contribution in [0.1, 0.15) is 24.2 Å². The van der Waals surface area contributed by atoms with Gasteiger partial charge < -0.3 is 15.0 Å². The Kier molecular flexibility index (Phi) is 5.60. The standard InChI is InChI=1S/C17H19BrN2O3/c1-4-20(5-2)17(22)19-15-10-12-11(7-6-8-14(12)18)9-13(15)16(21)23-3/h6-10H,4-5H2,1-3H3,(H,19,22). The molecule has 0 aromatic heterocycles. The van der Waals surface area contributed by atoms with E-state index < -0.39 is 5.97 Å². The van der Waals surface area contributed by atoms with Crippen molar-refractivity contribution >= 4 is 44.4 Å². The molecule has 0 aliphatic rings. The number of esters is 1. The number of benzene rings is 2. The molecule has 0 fully saturated rings. The Morgan fingerprint density at radius 1 is 1.22 bits per heavy atom. The molecule has 23 heavy (non-hydrogen) atoms. The largest absolute Gasteiger partial charge is 0.465 e. The average molecular weight is 379 g/mol. The Morgan fingerprint density at radius 2 is 1.91 bits per heavy atom. The Hall–Kier alpha value is -2.08. The predicted molar refractivity (Wildman–Crippen MR) is 94.9 cm³/mol. The smallest absolute Gasteiger partial charge is 0.339 e. The molecule has 1 N–H and O–H groups in total. The lowest BCUT2D eigenvalue weighted by Crippen LogP contribution is -2.34. The number of rotatable bonds is 4. The Balaban J connectivity index is 2.53. The summed E-state index contributed by atoms with van der Waals surface area (Å²) in [6, 6.07) is 8.98. The van der Waals surface area contributed by atoms with Gasteiger partial charge in [0.1, 0.15) is 0 Å². The van der Waals surface area contributed by atoms with Crippen molar-refractivity contribution in [2.75, 3.05) is 25.5 Å². The third-order valence-corrected chi connectivity index (χ3v) is 4.35. The highest BCUT2D eigenvalue weighted by Gasteiger charge is 2.18. The number of hydrogen-bond donors (Lipinski definition) is 1. The molecule has 0 saturated carbocycles. The van der Waals surface area contributed by atoms with E-state index in [-0.39, 0.29) is 6.03 Å². The van der Waals surface area contributed by atoms with Gasteiger partial charge in [-0.25, -0.2) is 9.59 Å². The van der Waals surface area contributed by atoms with Crippen LogP contribution in [0.15, 0.2) is 34.8 Å². The minimum atomic E-state index is -0.485. The molecule has 2 amide bonds. The Bertz CT molecular complexity index is 742. The van der Waals surface area contributed by atoms with Gasteiger partial charge in [0.15, 0.2) is 0 Å². The van der Waals surface area contributed by atoms with Crippen LogP contribution in [0.3, 0.4) is 0 Å². The monoisotopic (exact) mass is 378 g/mol. The zero-order valence-electron chi connectivity index (χ0n) is 13.4. The average Bonchev–Trinajstić information content (AvgIpc) is 2.55. The van der Waals surface area contributed by atoms with Crippen LogP contribution in [0.5, 0.6) is 0 Å². The van der Waals surface area contributed by atoms with E-state index in [9.17, 15) is 9.59 Å². The minimum absolute atomic E-state index is 0.244. The van der Waals surface area contributed by atoms with E-state index in [1.807, 2.05) is 32.0 Å². The molecule has 0 heterocycles. The van der Waals surface area contributed by atoms with Gasteiger partial charge in [0, 0.05) is 17.6 Å². The van der Waals surface area contributed by atoms with Gasteiger partial charge in [-0.2, -0.15) is 0 Å². The van der Waals surface area contributed by atoms with E-state index in [0.29, 0.717) is 24.3 Å². The fourth-order valence-electron chi connectivity index (χ4n) is 2.37. The molecule has 5 nitrogen and oxygen atoms in total. The summed E-state index contributed by atoms with van der Waals surface area (Å²) in [5, 5.41) is 4.61. The van der Waals surface area contributed by atoms with Crippen LogP contribution in [0, 0.1) is 0 Å². The number of nitrogens with zero attached hydrogens (tertiary/aromatic N) is 1. The van der Waals surface area contributed by atoms with E-state index in [1.54, 1.807) is 17.0 Å². The molecule has 0 saturated heterocycles. The molecule has 0 radical (unpaired) electrons. The van der Waals surface area contributed by atoms with Gasteiger partial charge in [0.2, 0.25) is 0 Å². The quantitative estimate of drug-likeness (QED) is 0.808. The first-order valence-corrected chi connectivity index (χ1v) is 8.17. The number of nitrogens with one attached hydrogen (secondary N) is 1. The highest BCUT2D eigenvalue weighted by Crippen LogP contribution is 2.30. The first-order chi connectivity index (χ1) is 11.0. The second-order valence-corrected chi connectivity index (χ2v) is 5.81.